The Kier molecular flexibility index (Phi) is 5.44. The summed E-state index contributed by atoms with van der Waals surface area (Å²) in [4.78, 5) is 0. The molecule has 0 fully saturated rings. The topological polar surface area (TPSA) is 81.7 Å². The molecule has 0 heterocycles. The average molecular weight is 306 g/mol. The summed E-state index contributed by atoms with van der Waals surface area (Å²) in [6.45, 7) is 0. The zero-order chi connectivity index (χ0) is 12.2. The molecule has 0 spiro atoms. The van der Waals surface area contributed by atoms with Crippen LogP contribution in [-0.4, -0.2) is 8.42 Å². The number of allylic oxidation sites excluding steroid dienone is 2. The van der Waals surface area contributed by atoms with E-state index >= 15 is 0 Å². The molecule has 0 aromatic carbocycles. The van der Waals surface area contributed by atoms with Crippen molar-refractivity contribution in [1.82, 2.24) is 0 Å². The molecule has 0 rings (SSSR count). The fourth-order valence-corrected chi connectivity index (χ4v) is 2.40. The van der Waals surface area contributed by atoms with Gasteiger partial charge in [0.2, 0.25) is 9.84 Å². The predicted molar refractivity (Wildman–Crippen MR) is 57.6 cm³/mol. The Morgan fingerprint density at radius 1 is 0.867 bits per heavy atom. The maximum absolute atomic E-state index is 11.4. The lowest BCUT2D eigenvalue weighted by Crippen LogP contribution is -2.02. The number of hydrogen-bond acceptors (Lipinski definition) is 4. The normalized spacial score (nSPS) is 14.5. The van der Waals surface area contributed by atoms with Gasteiger partial charge in [-0.2, -0.15) is 10.5 Å². The van der Waals surface area contributed by atoms with Gasteiger partial charge in [0.15, 0.2) is 8.73 Å². The van der Waals surface area contributed by atoms with Gasteiger partial charge < -0.3 is 0 Å². The van der Waals surface area contributed by atoms with Crippen molar-refractivity contribution in [2.24, 2.45) is 0 Å². The van der Waals surface area contributed by atoms with Gasteiger partial charge in [-0.25, -0.2) is 8.42 Å². The van der Waals surface area contributed by atoms with Crippen LogP contribution in [0, 0.1) is 22.7 Å². The van der Waals surface area contributed by atoms with E-state index in [1.54, 1.807) is 0 Å². The van der Waals surface area contributed by atoms with Crippen molar-refractivity contribution in [2.45, 2.75) is 0 Å². The van der Waals surface area contributed by atoms with Crippen molar-refractivity contribution < 1.29 is 8.42 Å². The quantitative estimate of drug-likeness (QED) is 0.734. The van der Waals surface area contributed by atoms with Gasteiger partial charge in [0.05, 0.1) is 0 Å². The number of nitriles is 2. The maximum Gasteiger partial charge on any atom is 0.232 e. The Labute approximate surface area is 106 Å². The number of nitrogens with zero attached hydrogens (tertiary/aromatic N) is 2. The third-order valence-electron chi connectivity index (χ3n) is 1.01. The van der Waals surface area contributed by atoms with Crippen LogP contribution < -0.4 is 0 Å². The molecule has 0 aromatic heterocycles. The van der Waals surface area contributed by atoms with Crippen LogP contribution in [0.5, 0.6) is 0 Å². The molecule has 0 radical (unpaired) electrons. The highest BCUT2D eigenvalue weighted by Crippen LogP contribution is 2.30. The third-order valence-corrected chi connectivity index (χ3v) is 4.93. The lowest BCUT2D eigenvalue weighted by atomic mass is 10.7. The molecule has 0 aliphatic rings. The van der Waals surface area contributed by atoms with Crippen molar-refractivity contribution in [2.75, 3.05) is 0 Å². The van der Waals surface area contributed by atoms with Crippen molar-refractivity contribution in [1.29, 1.82) is 10.5 Å². The Hall–Kier alpha value is -0.430. The van der Waals surface area contributed by atoms with E-state index in [4.69, 9.17) is 56.9 Å². The largest absolute Gasteiger partial charge is 0.232 e. The molecule has 0 aliphatic carbocycles. The molecule has 0 saturated heterocycles. The summed E-state index contributed by atoms with van der Waals surface area (Å²) in [5, 5.41) is 15.1. The zero-order valence-corrected chi connectivity index (χ0v) is 10.5. The van der Waals surface area contributed by atoms with E-state index < -0.39 is 28.6 Å². The van der Waals surface area contributed by atoms with E-state index in [1.165, 1.54) is 12.1 Å². The summed E-state index contributed by atoms with van der Waals surface area (Å²) in [6.07, 6.45) is 0. The third kappa shape index (κ3) is 3.27. The minimum atomic E-state index is -4.38. The standard InChI is InChI=1S/C6Cl4N2O2S/c7-3(1-11)5(9)15(13,14)6(10)4(8)2-12. The molecule has 9 heteroatoms. The van der Waals surface area contributed by atoms with Gasteiger partial charge in [-0.05, 0) is 0 Å². The van der Waals surface area contributed by atoms with E-state index in [9.17, 15) is 8.42 Å². The second-order valence-corrected chi connectivity index (χ2v) is 5.69. The van der Waals surface area contributed by atoms with Crippen LogP contribution in [0.2, 0.25) is 0 Å². The van der Waals surface area contributed by atoms with Gasteiger partial charge in [0.1, 0.15) is 22.2 Å². The van der Waals surface area contributed by atoms with E-state index in [1.807, 2.05) is 0 Å². The summed E-state index contributed by atoms with van der Waals surface area (Å²) >= 11 is 20.9. The number of hydrogen-bond donors (Lipinski definition) is 0. The SMILES string of the molecule is N#CC(Cl)=C(Cl)S(=O)(=O)C(Cl)=C(Cl)C#N. The molecule has 0 saturated carbocycles. The summed E-state index contributed by atoms with van der Waals surface area (Å²) in [5.74, 6) is 0. The van der Waals surface area contributed by atoms with Crippen molar-refractivity contribution in [3.8, 4) is 12.1 Å². The molecule has 0 aromatic rings. The van der Waals surface area contributed by atoms with Gasteiger partial charge in [-0.15, -0.1) is 0 Å². The zero-order valence-electron chi connectivity index (χ0n) is 6.63. The number of halogens is 4. The highest BCUT2D eigenvalue weighted by Gasteiger charge is 2.26. The van der Waals surface area contributed by atoms with Gasteiger partial charge >= 0.3 is 0 Å². The van der Waals surface area contributed by atoms with Crippen LogP contribution in [0.15, 0.2) is 18.8 Å². The van der Waals surface area contributed by atoms with Crippen LogP contribution in [0.4, 0.5) is 0 Å². The average Bonchev–Trinajstić information content (AvgIpc) is 2.24. The van der Waals surface area contributed by atoms with Crippen LogP contribution in [-0.2, 0) is 9.84 Å². The van der Waals surface area contributed by atoms with Crippen LogP contribution in [0.25, 0.3) is 0 Å². The Morgan fingerprint density at radius 3 is 1.33 bits per heavy atom. The summed E-state index contributed by atoms with van der Waals surface area (Å²) in [5.41, 5.74) is 0. The van der Waals surface area contributed by atoms with Crippen molar-refractivity contribution in [3.05, 3.63) is 18.8 Å². The van der Waals surface area contributed by atoms with E-state index in [0.29, 0.717) is 0 Å². The first-order valence-electron chi connectivity index (χ1n) is 2.94. The molecule has 0 N–H and O–H groups in total. The molecule has 0 aliphatic heterocycles. The molecule has 4 nitrogen and oxygen atoms in total. The van der Waals surface area contributed by atoms with Crippen LogP contribution >= 0.6 is 46.4 Å². The van der Waals surface area contributed by atoms with Crippen LogP contribution in [0.1, 0.15) is 0 Å². The van der Waals surface area contributed by atoms with E-state index in [2.05, 4.69) is 0 Å². The molecule has 0 unspecified atom stereocenters. The van der Waals surface area contributed by atoms with Gasteiger partial charge in [-0.3, -0.25) is 0 Å². The van der Waals surface area contributed by atoms with Gasteiger partial charge in [0.25, 0.3) is 0 Å². The summed E-state index contributed by atoms with van der Waals surface area (Å²) < 4.78 is 20.8. The Bertz CT molecular complexity index is 478. The minimum absolute atomic E-state index is 0.766. The second kappa shape index (κ2) is 5.60. The fourth-order valence-electron chi connectivity index (χ4n) is 0.403. The molecule has 80 valence electrons. The van der Waals surface area contributed by atoms with Gasteiger partial charge in [0, 0.05) is 0 Å². The molecule has 0 bridgehead atoms. The molecule has 0 atom stereocenters. The van der Waals surface area contributed by atoms with E-state index in [-0.39, 0.29) is 0 Å². The monoisotopic (exact) mass is 304 g/mol. The Balaban J connectivity index is 5.84. The molecule has 15 heavy (non-hydrogen) atoms. The number of rotatable bonds is 2. The van der Waals surface area contributed by atoms with Crippen molar-refractivity contribution >= 4 is 56.2 Å². The molecular formula is C6Cl4N2O2S. The second-order valence-electron chi connectivity index (χ2n) is 1.90. The first kappa shape index (κ1) is 14.6. The lowest BCUT2D eigenvalue weighted by molar-refractivity contribution is 0.611. The maximum atomic E-state index is 11.4. The summed E-state index contributed by atoms with van der Waals surface area (Å²) in [6, 6.07) is 2.62. The fraction of sp³-hybridized carbons (Fsp3) is 0. The molecular weight excluding hydrogens is 306 g/mol. The van der Waals surface area contributed by atoms with Gasteiger partial charge in [-0.1, -0.05) is 46.4 Å². The Morgan fingerprint density at radius 2 is 1.13 bits per heavy atom. The molecule has 0 amide bonds. The first-order chi connectivity index (χ1) is 6.78. The lowest BCUT2D eigenvalue weighted by Gasteiger charge is -2.00. The highest BCUT2D eigenvalue weighted by atomic mass is 35.5. The van der Waals surface area contributed by atoms with E-state index in [0.717, 1.165) is 0 Å². The predicted octanol–water partition coefficient (Wildman–Crippen LogP) is 2.74. The minimum Gasteiger partial charge on any atom is -0.217 e. The summed E-state index contributed by atoms with van der Waals surface area (Å²) in [7, 11) is -4.38. The van der Waals surface area contributed by atoms with Crippen molar-refractivity contribution in [3.63, 3.8) is 0 Å². The smallest absolute Gasteiger partial charge is 0.217 e. The highest BCUT2D eigenvalue weighted by molar-refractivity contribution is 8.02. The first-order valence-corrected chi connectivity index (χ1v) is 5.94. The number of sulfone groups is 1. The van der Waals surface area contributed by atoms with Crippen LogP contribution in [0.3, 0.4) is 0 Å².